The van der Waals surface area contributed by atoms with Crippen LogP contribution in [0.1, 0.15) is 68.7 Å². The number of nitrogens with one attached hydrogen (secondary N) is 1. The molecule has 0 amide bonds. The van der Waals surface area contributed by atoms with Crippen LogP contribution in [0, 0.1) is 5.92 Å². The molecule has 2 aliphatic rings. The van der Waals surface area contributed by atoms with Gasteiger partial charge in [-0.3, -0.25) is 0 Å². The fourth-order valence-corrected chi connectivity index (χ4v) is 4.82. The van der Waals surface area contributed by atoms with E-state index < -0.39 is 0 Å². The van der Waals surface area contributed by atoms with Gasteiger partial charge in [0.2, 0.25) is 0 Å². The molecule has 0 aliphatic heterocycles. The number of thiophene rings is 1. The molecule has 118 valence electrons. The van der Waals surface area contributed by atoms with Crippen molar-refractivity contribution >= 4 is 11.3 Å². The van der Waals surface area contributed by atoms with E-state index in [-0.39, 0.29) is 0 Å². The van der Waals surface area contributed by atoms with E-state index in [0.717, 1.165) is 19.1 Å². The maximum absolute atomic E-state index is 6.05. The van der Waals surface area contributed by atoms with Crippen LogP contribution in [0.4, 0.5) is 0 Å². The Kier molecular flexibility index (Phi) is 6.13. The van der Waals surface area contributed by atoms with Gasteiger partial charge in [-0.05, 0) is 43.0 Å². The van der Waals surface area contributed by atoms with Crippen molar-refractivity contribution in [2.45, 2.75) is 69.9 Å². The first-order valence-electron chi connectivity index (χ1n) is 8.82. The molecule has 2 fully saturated rings. The van der Waals surface area contributed by atoms with E-state index >= 15 is 0 Å². The quantitative estimate of drug-likeness (QED) is 0.722. The zero-order valence-electron chi connectivity index (χ0n) is 13.1. The second-order valence-electron chi connectivity index (χ2n) is 6.62. The highest BCUT2D eigenvalue weighted by atomic mass is 32.1. The van der Waals surface area contributed by atoms with Crippen molar-refractivity contribution in [3.63, 3.8) is 0 Å². The molecule has 1 aromatic heterocycles. The zero-order chi connectivity index (χ0) is 14.3. The van der Waals surface area contributed by atoms with Gasteiger partial charge in [0.05, 0.1) is 12.7 Å². The summed E-state index contributed by atoms with van der Waals surface area (Å²) in [5, 5.41) is 5.99. The van der Waals surface area contributed by atoms with Crippen molar-refractivity contribution in [2.75, 3.05) is 13.2 Å². The summed E-state index contributed by atoms with van der Waals surface area (Å²) < 4.78 is 6.05. The van der Waals surface area contributed by atoms with Crippen LogP contribution in [0.3, 0.4) is 0 Å². The first-order valence-corrected chi connectivity index (χ1v) is 9.70. The third-order valence-electron chi connectivity index (χ3n) is 5.09. The average Bonchev–Trinajstić information content (AvgIpc) is 3.22. The third-order valence-corrected chi connectivity index (χ3v) is 6.05. The van der Waals surface area contributed by atoms with Crippen molar-refractivity contribution < 1.29 is 4.74 Å². The molecule has 0 aromatic carbocycles. The smallest absolute Gasteiger partial charge is 0.0594 e. The van der Waals surface area contributed by atoms with Crippen LogP contribution in [0.5, 0.6) is 0 Å². The molecule has 1 atom stereocenters. The standard InChI is InChI=1S/C18H29NOS/c1-2-9-16(10-3-1)20-13-12-19-18(15-7-4-5-8-15)17-11-6-14-21-17/h6,11,14-16,18-19H,1-5,7-10,12-13H2. The molecule has 1 aromatic rings. The summed E-state index contributed by atoms with van der Waals surface area (Å²) in [6, 6.07) is 5.03. The first kappa shape index (κ1) is 15.5. The van der Waals surface area contributed by atoms with Gasteiger partial charge in [-0.2, -0.15) is 0 Å². The van der Waals surface area contributed by atoms with Gasteiger partial charge < -0.3 is 10.1 Å². The molecule has 2 aliphatic carbocycles. The fourth-order valence-electron chi connectivity index (χ4n) is 3.93. The molecule has 0 bridgehead atoms. The van der Waals surface area contributed by atoms with Gasteiger partial charge in [-0.25, -0.2) is 0 Å². The third kappa shape index (κ3) is 4.54. The zero-order valence-corrected chi connectivity index (χ0v) is 13.9. The molecule has 0 radical (unpaired) electrons. The van der Waals surface area contributed by atoms with E-state index in [4.69, 9.17) is 4.74 Å². The largest absolute Gasteiger partial charge is 0.377 e. The Morgan fingerprint density at radius 1 is 1.10 bits per heavy atom. The van der Waals surface area contributed by atoms with Gasteiger partial charge in [0, 0.05) is 17.5 Å². The Morgan fingerprint density at radius 2 is 1.86 bits per heavy atom. The molecule has 0 saturated heterocycles. The highest BCUT2D eigenvalue weighted by Crippen LogP contribution is 2.37. The number of hydrogen-bond acceptors (Lipinski definition) is 3. The molecule has 3 heteroatoms. The van der Waals surface area contributed by atoms with Crippen molar-refractivity contribution in [3.8, 4) is 0 Å². The van der Waals surface area contributed by atoms with Crippen LogP contribution >= 0.6 is 11.3 Å². The molecule has 3 rings (SSSR count). The Labute approximate surface area is 133 Å². The maximum Gasteiger partial charge on any atom is 0.0594 e. The van der Waals surface area contributed by atoms with E-state index in [2.05, 4.69) is 22.8 Å². The lowest BCUT2D eigenvalue weighted by Gasteiger charge is -2.25. The molecule has 21 heavy (non-hydrogen) atoms. The number of hydrogen-bond donors (Lipinski definition) is 1. The minimum absolute atomic E-state index is 0.534. The summed E-state index contributed by atoms with van der Waals surface area (Å²) in [6.45, 7) is 1.87. The lowest BCUT2D eigenvalue weighted by molar-refractivity contribution is 0.0287. The predicted molar refractivity (Wildman–Crippen MR) is 89.8 cm³/mol. The van der Waals surface area contributed by atoms with Gasteiger partial charge in [0.25, 0.3) is 0 Å². The van der Waals surface area contributed by atoms with Crippen LogP contribution < -0.4 is 5.32 Å². The van der Waals surface area contributed by atoms with E-state index in [1.807, 2.05) is 11.3 Å². The lowest BCUT2D eigenvalue weighted by Crippen LogP contribution is -2.31. The molecule has 1 N–H and O–H groups in total. The molecule has 0 spiro atoms. The topological polar surface area (TPSA) is 21.3 Å². The minimum atomic E-state index is 0.534. The van der Waals surface area contributed by atoms with Crippen molar-refractivity contribution in [1.29, 1.82) is 0 Å². The monoisotopic (exact) mass is 307 g/mol. The Bertz CT molecular complexity index is 380. The fraction of sp³-hybridized carbons (Fsp3) is 0.778. The summed E-state index contributed by atoms with van der Waals surface area (Å²) in [6.07, 6.45) is 12.8. The molecule has 2 nitrogen and oxygen atoms in total. The summed E-state index contributed by atoms with van der Waals surface area (Å²) in [7, 11) is 0. The van der Waals surface area contributed by atoms with E-state index in [1.165, 1.54) is 62.7 Å². The summed E-state index contributed by atoms with van der Waals surface area (Å²) in [5.41, 5.74) is 0. The first-order chi connectivity index (χ1) is 10.4. The molecule has 1 unspecified atom stereocenters. The van der Waals surface area contributed by atoms with E-state index in [0.29, 0.717) is 12.1 Å². The highest BCUT2D eigenvalue weighted by molar-refractivity contribution is 7.10. The van der Waals surface area contributed by atoms with Crippen LogP contribution in [0.25, 0.3) is 0 Å². The second-order valence-corrected chi connectivity index (χ2v) is 7.60. The van der Waals surface area contributed by atoms with Crippen LogP contribution in [0.2, 0.25) is 0 Å². The van der Waals surface area contributed by atoms with Gasteiger partial charge in [0.1, 0.15) is 0 Å². The Hall–Kier alpha value is -0.380. The maximum atomic E-state index is 6.05. The minimum Gasteiger partial charge on any atom is -0.377 e. The van der Waals surface area contributed by atoms with Crippen molar-refractivity contribution in [2.24, 2.45) is 5.92 Å². The van der Waals surface area contributed by atoms with Crippen molar-refractivity contribution in [1.82, 2.24) is 5.32 Å². The molecule has 2 saturated carbocycles. The number of rotatable bonds is 7. The highest BCUT2D eigenvalue weighted by Gasteiger charge is 2.26. The molecular formula is C18H29NOS. The predicted octanol–water partition coefficient (Wildman–Crippen LogP) is 4.92. The van der Waals surface area contributed by atoms with Crippen molar-refractivity contribution in [3.05, 3.63) is 22.4 Å². The van der Waals surface area contributed by atoms with Gasteiger partial charge in [0.15, 0.2) is 0 Å². The number of ether oxygens (including phenoxy) is 1. The van der Waals surface area contributed by atoms with Gasteiger partial charge >= 0.3 is 0 Å². The second kappa shape index (κ2) is 8.30. The summed E-state index contributed by atoms with van der Waals surface area (Å²) in [4.78, 5) is 1.51. The Balaban J connectivity index is 1.43. The SMILES string of the molecule is c1csc(C(NCCOC2CCCCC2)C2CCCC2)c1. The lowest BCUT2D eigenvalue weighted by atomic mass is 9.96. The molecular weight excluding hydrogens is 278 g/mol. The van der Waals surface area contributed by atoms with Crippen LogP contribution in [0.15, 0.2) is 17.5 Å². The average molecular weight is 308 g/mol. The Morgan fingerprint density at radius 3 is 2.57 bits per heavy atom. The van der Waals surface area contributed by atoms with E-state index in [1.54, 1.807) is 0 Å². The molecule has 1 heterocycles. The summed E-state index contributed by atoms with van der Waals surface area (Å²) in [5.74, 6) is 0.832. The summed E-state index contributed by atoms with van der Waals surface area (Å²) >= 11 is 1.90. The van der Waals surface area contributed by atoms with Crippen LogP contribution in [-0.2, 0) is 4.74 Å². The van der Waals surface area contributed by atoms with Gasteiger partial charge in [-0.15, -0.1) is 11.3 Å². The van der Waals surface area contributed by atoms with Gasteiger partial charge in [-0.1, -0.05) is 38.2 Å². The normalized spacial score (nSPS) is 22.7. The van der Waals surface area contributed by atoms with Crippen LogP contribution in [-0.4, -0.2) is 19.3 Å². The van der Waals surface area contributed by atoms with E-state index in [9.17, 15) is 0 Å².